The van der Waals surface area contributed by atoms with Crippen LogP contribution in [0.1, 0.15) is 19.4 Å². The van der Waals surface area contributed by atoms with Gasteiger partial charge in [0.1, 0.15) is 5.75 Å². The molecule has 0 amide bonds. The van der Waals surface area contributed by atoms with Crippen LogP contribution in [0.15, 0.2) is 58.6 Å². The Labute approximate surface area is 171 Å². The number of aromatic amines is 1. The van der Waals surface area contributed by atoms with Crippen LogP contribution in [-0.4, -0.2) is 27.3 Å². The van der Waals surface area contributed by atoms with Gasteiger partial charge in [0.2, 0.25) is 5.16 Å². The summed E-state index contributed by atoms with van der Waals surface area (Å²) in [6.45, 7) is 3.81. The lowest BCUT2D eigenvalue weighted by Gasteiger charge is -2.13. The monoisotopic (exact) mass is 414 g/mol. The molecule has 0 fully saturated rings. The first kappa shape index (κ1) is 20.0. The van der Waals surface area contributed by atoms with Gasteiger partial charge in [0, 0.05) is 21.1 Å². The predicted molar refractivity (Wildman–Crippen MR) is 108 cm³/mol. The van der Waals surface area contributed by atoms with Gasteiger partial charge >= 0.3 is 0 Å². The Balaban J connectivity index is 1.86. The maximum absolute atomic E-state index is 11.6. The van der Waals surface area contributed by atoms with Crippen molar-refractivity contribution in [3.05, 3.63) is 64.0 Å². The quantitative estimate of drug-likeness (QED) is 0.467. The summed E-state index contributed by atoms with van der Waals surface area (Å²) in [6, 6.07) is 14.3. The summed E-state index contributed by atoms with van der Waals surface area (Å²) in [5, 5.41) is 19.4. The fraction of sp³-hybridized carbons (Fsp3) is 0.150. The molecule has 0 aliphatic heterocycles. The van der Waals surface area contributed by atoms with Crippen molar-refractivity contribution in [2.24, 2.45) is 0 Å². The summed E-state index contributed by atoms with van der Waals surface area (Å²) >= 11 is 6.79. The van der Waals surface area contributed by atoms with Crippen LogP contribution in [0, 0.1) is 0 Å². The Morgan fingerprint density at radius 2 is 1.93 bits per heavy atom. The largest absolute Gasteiger partial charge is 0.544 e. The number of nitrogens with one attached hydrogen (secondary N) is 1. The minimum Gasteiger partial charge on any atom is -0.544 e. The highest BCUT2D eigenvalue weighted by molar-refractivity contribution is 8.04. The van der Waals surface area contributed by atoms with Crippen LogP contribution in [0.5, 0.6) is 5.75 Å². The molecule has 0 saturated heterocycles. The van der Waals surface area contributed by atoms with E-state index in [4.69, 9.17) is 16.3 Å². The number of rotatable bonds is 7. The number of ether oxygens (including phenoxy) is 1. The minimum absolute atomic E-state index is 0.0264. The predicted octanol–water partition coefficient (Wildman–Crippen LogP) is 3.80. The molecule has 0 unspecified atom stereocenters. The number of aliphatic carboxylic acids is 1. The average Bonchev–Trinajstić information content (AvgIpc) is 3.11. The molecule has 1 N–H and O–H groups in total. The third kappa shape index (κ3) is 5.15. The zero-order valence-corrected chi connectivity index (χ0v) is 16.8. The zero-order valence-electron chi connectivity index (χ0n) is 15.2. The Morgan fingerprint density at radius 1 is 1.21 bits per heavy atom. The molecule has 0 spiro atoms. The van der Waals surface area contributed by atoms with Crippen molar-refractivity contribution < 1.29 is 14.6 Å². The molecule has 6 nitrogen and oxygen atoms in total. The van der Waals surface area contributed by atoms with Crippen LogP contribution in [-0.2, 0) is 4.79 Å². The number of benzene rings is 2. The number of carboxylic acids is 1. The highest BCUT2D eigenvalue weighted by Crippen LogP contribution is 2.30. The summed E-state index contributed by atoms with van der Waals surface area (Å²) in [5.41, 5.74) is 1.43. The molecule has 0 radical (unpaired) electrons. The summed E-state index contributed by atoms with van der Waals surface area (Å²) < 4.78 is 5.73. The third-order valence-electron chi connectivity index (χ3n) is 3.55. The molecule has 0 aliphatic rings. The Hall–Kier alpha value is -2.77. The Kier molecular flexibility index (Phi) is 6.38. The molecule has 1 heterocycles. The molecule has 28 heavy (non-hydrogen) atoms. The lowest BCUT2D eigenvalue weighted by Crippen LogP contribution is -2.23. The number of hydrogen-bond acceptors (Lipinski definition) is 6. The zero-order chi connectivity index (χ0) is 20.1. The second-order valence-corrected chi connectivity index (χ2v) is 7.52. The molecule has 0 bridgehead atoms. The van der Waals surface area contributed by atoms with Crippen LogP contribution in [0.3, 0.4) is 0 Å². The SMILES string of the molecule is CC(C)Oc1ccccc1/C=C(\Sc1n[nH]c(-c2ccc(Cl)cc2)n1)C(=O)[O-]. The van der Waals surface area contributed by atoms with Crippen molar-refractivity contribution >= 4 is 35.4 Å². The minimum atomic E-state index is -1.32. The van der Waals surface area contributed by atoms with Gasteiger partial charge in [-0.25, -0.2) is 4.98 Å². The lowest BCUT2D eigenvalue weighted by molar-refractivity contribution is -0.297. The molecular formula is C20H17ClN3O3S-. The van der Waals surface area contributed by atoms with E-state index in [9.17, 15) is 9.90 Å². The van der Waals surface area contributed by atoms with Gasteiger partial charge in [0.15, 0.2) is 5.82 Å². The second-order valence-electron chi connectivity index (χ2n) is 6.08. The smallest absolute Gasteiger partial charge is 0.213 e. The number of nitrogens with zero attached hydrogens (tertiary/aromatic N) is 2. The molecule has 0 aliphatic carbocycles. The van der Waals surface area contributed by atoms with Gasteiger partial charge in [-0.2, -0.15) is 0 Å². The maximum Gasteiger partial charge on any atom is 0.213 e. The van der Waals surface area contributed by atoms with Crippen molar-refractivity contribution in [1.82, 2.24) is 15.2 Å². The number of carbonyl (C=O) groups excluding carboxylic acids is 1. The first-order valence-electron chi connectivity index (χ1n) is 8.47. The first-order valence-corrected chi connectivity index (χ1v) is 9.66. The van der Waals surface area contributed by atoms with E-state index in [1.54, 1.807) is 36.4 Å². The number of thioether (sulfide) groups is 1. The van der Waals surface area contributed by atoms with E-state index in [1.165, 1.54) is 6.08 Å². The van der Waals surface area contributed by atoms with Gasteiger partial charge in [0.05, 0.1) is 12.1 Å². The van der Waals surface area contributed by atoms with E-state index < -0.39 is 5.97 Å². The highest BCUT2D eigenvalue weighted by Gasteiger charge is 2.12. The highest BCUT2D eigenvalue weighted by atomic mass is 35.5. The normalized spacial score (nSPS) is 11.6. The number of para-hydroxylation sites is 1. The number of H-pyrrole nitrogens is 1. The summed E-state index contributed by atoms with van der Waals surface area (Å²) in [7, 11) is 0. The average molecular weight is 415 g/mol. The van der Waals surface area contributed by atoms with Crippen LogP contribution in [0.2, 0.25) is 5.02 Å². The number of carboxylic acid groups (broad SMARTS) is 1. The molecule has 1 aromatic heterocycles. The number of halogens is 1. The first-order chi connectivity index (χ1) is 13.4. The Bertz CT molecular complexity index is 1000. The fourth-order valence-corrected chi connectivity index (χ4v) is 3.18. The molecule has 144 valence electrons. The van der Waals surface area contributed by atoms with E-state index in [2.05, 4.69) is 15.2 Å². The fourth-order valence-electron chi connectivity index (χ4n) is 2.36. The van der Waals surface area contributed by atoms with Gasteiger partial charge in [-0.05, 0) is 62.0 Å². The van der Waals surface area contributed by atoms with Crippen LogP contribution >= 0.6 is 23.4 Å². The number of carbonyl (C=O) groups is 1. The van der Waals surface area contributed by atoms with E-state index in [1.807, 2.05) is 26.0 Å². The molecule has 0 atom stereocenters. The standard InChI is InChI=1S/C20H18ClN3O3S/c1-12(2)27-16-6-4-3-5-14(16)11-17(19(25)26)28-20-22-18(23-24-20)13-7-9-15(21)10-8-13/h3-12H,1-2H3,(H,25,26)(H,22,23,24)/p-1/b17-11-. The lowest BCUT2D eigenvalue weighted by atomic mass is 10.2. The number of hydrogen-bond donors (Lipinski definition) is 1. The van der Waals surface area contributed by atoms with E-state index in [-0.39, 0.29) is 16.2 Å². The second kappa shape index (κ2) is 8.95. The summed E-state index contributed by atoms with van der Waals surface area (Å²) in [5.74, 6) is -0.212. The number of aromatic nitrogens is 3. The van der Waals surface area contributed by atoms with Gasteiger partial charge in [0.25, 0.3) is 0 Å². The van der Waals surface area contributed by atoms with Crippen molar-refractivity contribution in [1.29, 1.82) is 0 Å². The van der Waals surface area contributed by atoms with Crippen LogP contribution in [0.25, 0.3) is 17.5 Å². The molecule has 0 saturated carbocycles. The van der Waals surface area contributed by atoms with Crippen molar-refractivity contribution in [3.63, 3.8) is 0 Å². The van der Waals surface area contributed by atoms with Crippen LogP contribution in [0.4, 0.5) is 0 Å². The van der Waals surface area contributed by atoms with Gasteiger partial charge < -0.3 is 14.6 Å². The Morgan fingerprint density at radius 3 is 2.61 bits per heavy atom. The van der Waals surface area contributed by atoms with E-state index in [0.717, 1.165) is 17.3 Å². The summed E-state index contributed by atoms with van der Waals surface area (Å²) in [4.78, 5) is 15.9. The molecule has 2 aromatic carbocycles. The maximum atomic E-state index is 11.6. The van der Waals surface area contributed by atoms with Crippen molar-refractivity contribution in [2.45, 2.75) is 25.1 Å². The molecular weight excluding hydrogens is 398 g/mol. The molecule has 3 aromatic rings. The van der Waals surface area contributed by atoms with Crippen molar-refractivity contribution in [2.75, 3.05) is 0 Å². The van der Waals surface area contributed by atoms with Gasteiger partial charge in [-0.3, -0.25) is 5.10 Å². The van der Waals surface area contributed by atoms with E-state index >= 15 is 0 Å². The van der Waals surface area contributed by atoms with Crippen LogP contribution < -0.4 is 9.84 Å². The van der Waals surface area contributed by atoms with Crippen molar-refractivity contribution in [3.8, 4) is 17.1 Å². The molecule has 8 heteroatoms. The topological polar surface area (TPSA) is 90.9 Å². The third-order valence-corrected chi connectivity index (χ3v) is 4.67. The summed E-state index contributed by atoms with van der Waals surface area (Å²) in [6.07, 6.45) is 1.46. The van der Waals surface area contributed by atoms with Gasteiger partial charge in [-0.15, -0.1) is 5.10 Å². The molecule has 3 rings (SSSR count). The van der Waals surface area contributed by atoms with Gasteiger partial charge in [-0.1, -0.05) is 29.8 Å². The van der Waals surface area contributed by atoms with E-state index in [0.29, 0.717) is 22.2 Å².